The summed E-state index contributed by atoms with van der Waals surface area (Å²) >= 11 is 0. The first-order valence-electron chi connectivity index (χ1n) is 5.29. The van der Waals surface area contributed by atoms with Gasteiger partial charge in [0.05, 0.1) is 0 Å². The highest BCUT2D eigenvalue weighted by Gasteiger charge is 2.27. The van der Waals surface area contributed by atoms with Crippen LogP contribution in [0.2, 0.25) is 0 Å². The van der Waals surface area contributed by atoms with Crippen molar-refractivity contribution in [3.05, 3.63) is 23.8 Å². The van der Waals surface area contributed by atoms with E-state index in [4.69, 9.17) is 5.73 Å². The Bertz CT molecular complexity index is 329. The van der Waals surface area contributed by atoms with E-state index in [0.29, 0.717) is 6.04 Å². The lowest BCUT2D eigenvalue weighted by molar-refractivity contribution is 0.693. The average molecular weight is 190 g/mol. The van der Waals surface area contributed by atoms with Crippen molar-refractivity contribution in [1.29, 1.82) is 0 Å². The van der Waals surface area contributed by atoms with E-state index in [2.05, 4.69) is 25.2 Å². The fraction of sp³-hybridized carbons (Fsp3) is 0.500. The van der Waals surface area contributed by atoms with E-state index < -0.39 is 0 Å². The van der Waals surface area contributed by atoms with E-state index in [-0.39, 0.29) is 0 Å². The lowest BCUT2D eigenvalue weighted by Crippen LogP contribution is -2.17. The van der Waals surface area contributed by atoms with E-state index in [1.165, 1.54) is 24.1 Å². The summed E-state index contributed by atoms with van der Waals surface area (Å²) in [5, 5.41) is 3.54. The van der Waals surface area contributed by atoms with Gasteiger partial charge >= 0.3 is 0 Å². The molecule has 0 heterocycles. The molecule has 2 nitrogen and oxygen atoms in total. The fourth-order valence-corrected chi connectivity index (χ4v) is 1.81. The molecular formula is C12H18N2. The van der Waals surface area contributed by atoms with E-state index in [1.54, 1.807) is 0 Å². The van der Waals surface area contributed by atoms with Crippen molar-refractivity contribution in [2.75, 3.05) is 11.1 Å². The number of nitrogens with two attached hydrogens (primary N) is 1. The van der Waals surface area contributed by atoms with Gasteiger partial charge in [-0.05, 0) is 56.4 Å². The monoisotopic (exact) mass is 190 g/mol. The van der Waals surface area contributed by atoms with Crippen molar-refractivity contribution < 1.29 is 0 Å². The number of hydrogen-bond acceptors (Lipinski definition) is 2. The summed E-state index contributed by atoms with van der Waals surface area (Å²) in [5.74, 6) is 0.881. The van der Waals surface area contributed by atoms with Gasteiger partial charge in [0.1, 0.15) is 0 Å². The Morgan fingerprint density at radius 1 is 1.43 bits per heavy atom. The van der Waals surface area contributed by atoms with Crippen LogP contribution in [0.25, 0.3) is 0 Å². The van der Waals surface area contributed by atoms with Crippen molar-refractivity contribution in [2.24, 2.45) is 5.92 Å². The van der Waals surface area contributed by atoms with Gasteiger partial charge in [0.25, 0.3) is 0 Å². The predicted molar refractivity (Wildman–Crippen MR) is 61.4 cm³/mol. The number of aryl methyl sites for hydroxylation is 1. The molecule has 2 heteroatoms. The van der Waals surface area contributed by atoms with Crippen LogP contribution >= 0.6 is 0 Å². The molecule has 0 radical (unpaired) electrons. The van der Waals surface area contributed by atoms with Gasteiger partial charge in [-0.2, -0.15) is 0 Å². The molecule has 1 unspecified atom stereocenters. The maximum atomic E-state index is 5.70. The standard InChI is InChI=1S/C12H18N2/c1-8-7-11(13)5-6-12(8)14-9(2)10-3-4-10/h5-7,9-10,14H,3-4,13H2,1-2H3. The minimum Gasteiger partial charge on any atom is -0.399 e. The molecule has 1 aliphatic carbocycles. The SMILES string of the molecule is Cc1cc(N)ccc1NC(C)C1CC1. The van der Waals surface area contributed by atoms with Gasteiger partial charge in [-0.15, -0.1) is 0 Å². The third kappa shape index (κ3) is 2.00. The summed E-state index contributed by atoms with van der Waals surface area (Å²) in [5.41, 5.74) is 9.00. The Balaban J connectivity index is 2.07. The van der Waals surface area contributed by atoms with Gasteiger partial charge in [0.2, 0.25) is 0 Å². The zero-order valence-electron chi connectivity index (χ0n) is 8.88. The first-order chi connectivity index (χ1) is 6.66. The molecule has 0 saturated heterocycles. The Morgan fingerprint density at radius 3 is 2.71 bits per heavy atom. The second-order valence-electron chi connectivity index (χ2n) is 4.34. The van der Waals surface area contributed by atoms with Gasteiger partial charge < -0.3 is 11.1 Å². The van der Waals surface area contributed by atoms with Crippen LogP contribution in [0.4, 0.5) is 11.4 Å². The van der Waals surface area contributed by atoms with Gasteiger partial charge in [0, 0.05) is 17.4 Å². The van der Waals surface area contributed by atoms with Gasteiger partial charge in [0.15, 0.2) is 0 Å². The fourth-order valence-electron chi connectivity index (χ4n) is 1.81. The molecule has 0 spiro atoms. The molecule has 14 heavy (non-hydrogen) atoms. The molecule has 1 fully saturated rings. The second kappa shape index (κ2) is 3.52. The molecule has 1 aliphatic rings. The minimum absolute atomic E-state index is 0.595. The highest BCUT2D eigenvalue weighted by atomic mass is 14.9. The van der Waals surface area contributed by atoms with Crippen molar-refractivity contribution in [3.8, 4) is 0 Å². The number of nitrogen functional groups attached to an aromatic ring is 1. The molecule has 0 amide bonds. The molecule has 0 bridgehead atoms. The molecule has 2 rings (SSSR count). The van der Waals surface area contributed by atoms with Crippen LogP contribution in [0, 0.1) is 12.8 Å². The quantitative estimate of drug-likeness (QED) is 0.719. The zero-order valence-corrected chi connectivity index (χ0v) is 8.88. The number of rotatable bonds is 3. The van der Waals surface area contributed by atoms with Crippen LogP contribution in [0.5, 0.6) is 0 Å². The van der Waals surface area contributed by atoms with E-state index >= 15 is 0 Å². The Morgan fingerprint density at radius 2 is 2.14 bits per heavy atom. The topological polar surface area (TPSA) is 38.0 Å². The van der Waals surface area contributed by atoms with Crippen molar-refractivity contribution in [2.45, 2.75) is 32.7 Å². The first-order valence-corrected chi connectivity index (χ1v) is 5.29. The van der Waals surface area contributed by atoms with Crippen LogP contribution < -0.4 is 11.1 Å². The van der Waals surface area contributed by atoms with Gasteiger partial charge in [-0.25, -0.2) is 0 Å². The first kappa shape index (κ1) is 9.38. The molecule has 3 N–H and O–H groups in total. The maximum Gasteiger partial charge on any atom is 0.0373 e. The van der Waals surface area contributed by atoms with Crippen molar-refractivity contribution in [3.63, 3.8) is 0 Å². The van der Waals surface area contributed by atoms with Gasteiger partial charge in [-0.3, -0.25) is 0 Å². The van der Waals surface area contributed by atoms with Crippen LogP contribution in [0.3, 0.4) is 0 Å². The summed E-state index contributed by atoms with van der Waals surface area (Å²) in [7, 11) is 0. The largest absolute Gasteiger partial charge is 0.399 e. The van der Waals surface area contributed by atoms with Crippen molar-refractivity contribution in [1.82, 2.24) is 0 Å². The lowest BCUT2D eigenvalue weighted by Gasteiger charge is -2.16. The number of benzene rings is 1. The molecule has 1 aromatic rings. The highest BCUT2D eigenvalue weighted by molar-refractivity contribution is 5.57. The van der Waals surface area contributed by atoms with Crippen LogP contribution in [-0.2, 0) is 0 Å². The Labute approximate surface area is 85.5 Å². The minimum atomic E-state index is 0.595. The number of nitrogens with one attached hydrogen (secondary N) is 1. The smallest absolute Gasteiger partial charge is 0.0373 e. The van der Waals surface area contributed by atoms with E-state index in [0.717, 1.165) is 11.6 Å². The molecule has 0 aromatic heterocycles. The summed E-state index contributed by atoms with van der Waals surface area (Å²) in [6, 6.07) is 6.64. The van der Waals surface area contributed by atoms with Gasteiger partial charge in [-0.1, -0.05) is 0 Å². The zero-order chi connectivity index (χ0) is 10.1. The number of anilines is 2. The molecule has 1 aromatic carbocycles. The summed E-state index contributed by atoms with van der Waals surface area (Å²) < 4.78 is 0. The third-order valence-electron chi connectivity index (χ3n) is 2.96. The molecular weight excluding hydrogens is 172 g/mol. The average Bonchev–Trinajstić information content (AvgIpc) is 2.92. The molecule has 76 valence electrons. The van der Waals surface area contributed by atoms with Crippen molar-refractivity contribution >= 4 is 11.4 Å². The molecule has 1 atom stereocenters. The Hall–Kier alpha value is -1.18. The summed E-state index contributed by atoms with van der Waals surface area (Å²) in [6.45, 7) is 4.35. The summed E-state index contributed by atoms with van der Waals surface area (Å²) in [6.07, 6.45) is 2.75. The summed E-state index contributed by atoms with van der Waals surface area (Å²) in [4.78, 5) is 0. The lowest BCUT2D eigenvalue weighted by atomic mass is 10.1. The van der Waals surface area contributed by atoms with E-state index in [9.17, 15) is 0 Å². The van der Waals surface area contributed by atoms with Crippen LogP contribution in [0.1, 0.15) is 25.3 Å². The second-order valence-corrected chi connectivity index (χ2v) is 4.34. The number of hydrogen-bond donors (Lipinski definition) is 2. The molecule has 0 aliphatic heterocycles. The molecule has 1 saturated carbocycles. The van der Waals surface area contributed by atoms with Crippen LogP contribution in [-0.4, -0.2) is 6.04 Å². The predicted octanol–water partition coefficient (Wildman–Crippen LogP) is 2.79. The van der Waals surface area contributed by atoms with E-state index in [1.807, 2.05) is 12.1 Å². The maximum absolute atomic E-state index is 5.70. The Kier molecular flexibility index (Phi) is 2.36. The van der Waals surface area contributed by atoms with Crippen LogP contribution in [0.15, 0.2) is 18.2 Å². The third-order valence-corrected chi connectivity index (χ3v) is 2.96. The highest BCUT2D eigenvalue weighted by Crippen LogP contribution is 2.34. The normalized spacial score (nSPS) is 17.9.